The third-order valence-electron chi connectivity index (χ3n) is 6.52. The Bertz CT molecular complexity index is 989. The lowest BCUT2D eigenvalue weighted by molar-refractivity contribution is -0.155. The maximum Gasteiger partial charge on any atom is 0.329 e. The van der Waals surface area contributed by atoms with E-state index < -0.39 is 18.1 Å². The summed E-state index contributed by atoms with van der Waals surface area (Å²) in [5, 5.41) is 0. The van der Waals surface area contributed by atoms with E-state index in [0.717, 1.165) is 12.0 Å². The molecule has 7 nitrogen and oxygen atoms in total. The van der Waals surface area contributed by atoms with Crippen LogP contribution in [0.4, 0.5) is 0 Å². The van der Waals surface area contributed by atoms with Gasteiger partial charge in [-0.2, -0.15) is 0 Å². The van der Waals surface area contributed by atoms with Gasteiger partial charge in [0.15, 0.2) is 0 Å². The zero-order valence-electron chi connectivity index (χ0n) is 19.4. The molecule has 2 atom stereocenters. The minimum absolute atomic E-state index is 0. The fourth-order valence-electron chi connectivity index (χ4n) is 4.78. The lowest BCUT2D eigenvalue weighted by Gasteiger charge is -2.32. The number of amides is 2. The van der Waals surface area contributed by atoms with Crippen LogP contribution in [-0.2, 0) is 38.6 Å². The van der Waals surface area contributed by atoms with Gasteiger partial charge in [-0.3, -0.25) is 9.59 Å². The highest BCUT2D eigenvalue weighted by molar-refractivity contribution is 5.90. The van der Waals surface area contributed by atoms with Crippen LogP contribution >= 0.6 is 12.4 Å². The second kappa shape index (κ2) is 11.5. The van der Waals surface area contributed by atoms with Crippen molar-refractivity contribution >= 4 is 30.2 Å². The minimum Gasteiger partial charge on any atom is -0.459 e. The molecule has 0 saturated carbocycles. The molecule has 1 saturated heterocycles. The highest BCUT2D eigenvalue weighted by Crippen LogP contribution is 2.27. The summed E-state index contributed by atoms with van der Waals surface area (Å²) in [5.41, 5.74) is 9.21. The van der Waals surface area contributed by atoms with Gasteiger partial charge >= 0.3 is 5.97 Å². The number of nitrogens with two attached hydrogens (primary N) is 1. The van der Waals surface area contributed by atoms with Crippen molar-refractivity contribution in [1.82, 2.24) is 9.80 Å². The van der Waals surface area contributed by atoms with Crippen molar-refractivity contribution in [3.8, 4) is 0 Å². The van der Waals surface area contributed by atoms with Crippen LogP contribution in [0.2, 0.25) is 0 Å². The first-order valence-corrected chi connectivity index (χ1v) is 11.6. The van der Waals surface area contributed by atoms with Crippen LogP contribution in [0.25, 0.3) is 0 Å². The van der Waals surface area contributed by atoms with Crippen molar-refractivity contribution in [3.63, 3.8) is 0 Å². The number of benzene rings is 2. The number of carbonyl (C=O) groups excluding carboxylic acids is 3. The number of carbonyl (C=O) groups is 3. The Morgan fingerprint density at radius 1 is 1.06 bits per heavy atom. The fourth-order valence-corrected chi connectivity index (χ4v) is 4.78. The third-order valence-corrected chi connectivity index (χ3v) is 6.52. The number of esters is 1. The molecule has 1 aliphatic heterocycles. The van der Waals surface area contributed by atoms with Crippen LogP contribution in [0.5, 0.6) is 0 Å². The first kappa shape index (κ1) is 25.7. The van der Waals surface area contributed by atoms with Gasteiger partial charge in [0, 0.05) is 12.6 Å². The summed E-state index contributed by atoms with van der Waals surface area (Å²) in [4.78, 5) is 42.2. The van der Waals surface area contributed by atoms with Crippen LogP contribution in [0, 0.1) is 0 Å². The van der Waals surface area contributed by atoms with E-state index in [1.54, 1.807) is 16.7 Å². The van der Waals surface area contributed by atoms with E-state index in [2.05, 4.69) is 12.1 Å². The van der Waals surface area contributed by atoms with E-state index in [0.29, 0.717) is 25.8 Å². The van der Waals surface area contributed by atoms with E-state index in [1.165, 1.54) is 11.1 Å². The third kappa shape index (κ3) is 5.77. The van der Waals surface area contributed by atoms with Crippen molar-refractivity contribution in [1.29, 1.82) is 0 Å². The Morgan fingerprint density at radius 3 is 2.29 bits per heavy atom. The number of halogens is 1. The van der Waals surface area contributed by atoms with Gasteiger partial charge in [0.2, 0.25) is 11.8 Å². The zero-order chi connectivity index (χ0) is 23.4. The highest BCUT2D eigenvalue weighted by Gasteiger charge is 2.38. The normalized spacial score (nSPS) is 18.1. The van der Waals surface area contributed by atoms with E-state index in [1.807, 2.05) is 42.5 Å². The van der Waals surface area contributed by atoms with Crippen molar-refractivity contribution in [2.45, 2.75) is 57.3 Å². The lowest BCUT2D eigenvalue weighted by atomic mass is 10.1. The van der Waals surface area contributed by atoms with Gasteiger partial charge in [0.1, 0.15) is 19.2 Å². The van der Waals surface area contributed by atoms with E-state index in [4.69, 9.17) is 10.5 Å². The van der Waals surface area contributed by atoms with Gasteiger partial charge in [0.05, 0.1) is 6.04 Å². The number of rotatable bonds is 7. The average molecular weight is 486 g/mol. The number of fused-ring (bicyclic) bond motifs is 1. The van der Waals surface area contributed by atoms with Crippen molar-refractivity contribution < 1.29 is 19.1 Å². The van der Waals surface area contributed by atoms with Crippen LogP contribution in [0.1, 0.15) is 36.5 Å². The molecule has 1 aliphatic carbocycles. The first-order chi connectivity index (χ1) is 15.9. The quantitative estimate of drug-likeness (QED) is 0.608. The van der Waals surface area contributed by atoms with Gasteiger partial charge in [-0.15, -0.1) is 12.4 Å². The van der Waals surface area contributed by atoms with Crippen LogP contribution in [0.15, 0.2) is 54.6 Å². The molecule has 8 heteroatoms. The summed E-state index contributed by atoms with van der Waals surface area (Å²) in [5.74, 6) is -0.884. The number of hydrogen-bond acceptors (Lipinski definition) is 5. The molecule has 2 amide bonds. The molecule has 182 valence electrons. The summed E-state index contributed by atoms with van der Waals surface area (Å²) >= 11 is 0. The molecule has 0 bridgehead atoms. The number of likely N-dealkylation sites (tertiary alicyclic amines) is 1. The molecule has 2 aliphatic rings. The Kier molecular flexibility index (Phi) is 8.69. The van der Waals surface area contributed by atoms with Crippen LogP contribution in [-0.4, -0.2) is 58.8 Å². The van der Waals surface area contributed by atoms with Crippen LogP contribution < -0.4 is 5.73 Å². The lowest BCUT2D eigenvalue weighted by Crippen LogP contribution is -2.53. The predicted molar refractivity (Wildman–Crippen MR) is 131 cm³/mol. The number of hydrogen-bond donors (Lipinski definition) is 1. The molecule has 2 N–H and O–H groups in total. The molecule has 0 unspecified atom stereocenters. The Hall–Kier alpha value is -2.90. The molecule has 34 heavy (non-hydrogen) atoms. The minimum atomic E-state index is -0.702. The van der Waals surface area contributed by atoms with Crippen molar-refractivity contribution in [2.75, 3.05) is 13.1 Å². The van der Waals surface area contributed by atoms with E-state index in [9.17, 15) is 14.4 Å². The number of ether oxygens (including phenoxy) is 1. The average Bonchev–Trinajstić information content (AvgIpc) is 3.48. The topological polar surface area (TPSA) is 92.9 Å². The largest absolute Gasteiger partial charge is 0.459 e. The number of nitrogens with zero attached hydrogens (tertiary/aromatic N) is 2. The summed E-state index contributed by atoms with van der Waals surface area (Å²) in [6.07, 6.45) is 2.69. The Balaban J connectivity index is 0.00000324. The fraction of sp³-hybridized carbons (Fsp3) is 0.423. The maximum absolute atomic E-state index is 13.3. The second-order valence-electron chi connectivity index (χ2n) is 8.92. The Labute approximate surface area is 206 Å². The molecule has 1 fully saturated rings. The van der Waals surface area contributed by atoms with Crippen molar-refractivity contribution in [2.24, 2.45) is 5.73 Å². The van der Waals surface area contributed by atoms with E-state index >= 15 is 0 Å². The highest BCUT2D eigenvalue weighted by atomic mass is 35.5. The predicted octanol–water partition coefficient (Wildman–Crippen LogP) is 2.49. The summed E-state index contributed by atoms with van der Waals surface area (Å²) in [6, 6.07) is 16.1. The SMILES string of the molecule is C[C@H](N)C(=O)N(CC(=O)N1CCC[C@H]1C(=O)OCc1ccccc1)C1Cc2ccccc2C1.Cl. The summed E-state index contributed by atoms with van der Waals surface area (Å²) in [7, 11) is 0. The molecule has 0 radical (unpaired) electrons. The summed E-state index contributed by atoms with van der Waals surface area (Å²) < 4.78 is 5.49. The second-order valence-corrected chi connectivity index (χ2v) is 8.92. The molecule has 0 spiro atoms. The zero-order valence-corrected chi connectivity index (χ0v) is 20.2. The van der Waals surface area contributed by atoms with Crippen LogP contribution in [0.3, 0.4) is 0 Å². The molecular formula is C26H32ClN3O4. The molecule has 2 aromatic rings. The van der Waals surface area contributed by atoms with Gasteiger partial charge in [-0.25, -0.2) is 4.79 Å². The maximum atomic E-state index is 13.3. The molecule has 2 aromatic carbocycles. The standard InChI is InChI=1S/C26H31N3O4.ClH/c1-18(27)25(31)29(22-14-20-10-5-6-11-21(20)15-22)16-24(30)28-13-7-12-23(28)26(32)33-17-19-8-3-2-4-9-19;/h2-6,8-11,18,22-23H,7,12-17,27H2,1H3;1H/t18-,23-;/m0./s1. The van der Waals surface area contributed by atoms with Gasteiger partial charge in [-0.05, 0) is 49.3 Å². The smallest absolute Gasteiger partial charge is 0.329 e. The van der Waals surface area contributed by atoms with Gasteiger partial charge in [0.25, 0.3) is 0 Å². The van der Waals surface area contributed by atoms with Crippen molar-refractivity contribution in [3.05, 3.63) is 71.3 Å². The van der Waals surface area contributed by atoms with Gasteiger partial charge in [-0.1, -0.05) is 54.6 Å². The van der Waals surface area contributed by atoms with Gasteiger partial charge < -0.3 is 20.3 Å². The molecule has 1 heterocycles. The first-order valence-electron chi connectivity index (χ1n) is 11.6. The Morgan fingerprint density at radius 2 is 1.68 bits per heavy atom. The molecule has 4 rings (SSSR count). The monoisotopic (exact) mass is 485 g/mol. The van der Waals surface area contributed by atoms with E-state index in [-0.39, 0.29) is 43.4 Å². The molecule has 0 aromatic heterocycles. The molecular weight excluding hydrogens is 454 g/mol. The summed E-state index contributed by atoms with van der Waals surface area (Å²) in [6.45, 7) is 2.21.